The van der Waals surface area contributed by atoms with Gasteiger partial charge in [-0.3, -0.25) is 4.90 Å². The first-order valence-electron chi connectivity index (χ1n) is 8.62. The maximum Gasteiger partial charge on any atom is 0.213 e. The Kier molecular flexibility index (Phi) is 4.30. The second-order valence-electron chi connectivity index (χ2n) is 6.48. The molecule has 24 heavy (non-hydrogen) atoms. The van der Waals surface area contributed by atoms with Crippen LogP contribution in [0.2, 0.25) is 0 Å². The van der Waals surface area contributed by atoms with Crippen LogP contribution >= 0.6 is 0 Å². The van der Waals surface area contributed by atoms with Gasteiger partial charge in [-0.2, -0.15) is 0 Å². The Morgan fingerprint density at radius 2 is 1.92 bits per heavy atom. The molecule has 1 aliphatic carbocycles. The van der Waals surface area contributed by atoms with E-state index < -0.39 is 0 Å². The third kappa shape index (κ3) is 3.48. The molecule has 0 amide bonds. The predicted molar refractivity (Wildman–Crippen MR) is 92.3 cm³/mol. The first-order valence-corrected chi connectivity index (χ1v) is 8.62. The summed E-state index contributed by atoms with van der Waals surface area (Å²) >= 11 is 0. The summed E-state index contributed by atoms with van der Waals surface area (Å²) in [5.74, 6) is 3.38. The Balaban J connectivity index is 1.35. The van der Waals surface area contributed by atoms with E-state index in [1.807, 2.05) is 24.4 Å². The summed E-state index contributed by atoms with van der Waals surface area (Å²) in [5, 5.41) is 0. The molecule has 1 saturated heterocycles. The molecule has 2 aromatic heterocycles. The van der Waals surface area contributed by atoms with Crippen molar-refractivity contribution in [2.24, 2.45) is 0 Å². The van der Waals surface area contributed by atoms with Gasteiger partial charge in [0.05, 0.1) is 12.8 Å². The van der Waals surface area contributed by atoms with E-state index in [1.54, 1.807) is 7.11 Å². The molecular formula is C18H23N5O. The van der Waals surface area contributed by atoms with Crippen LogP contribution in [0.3, 0.4) is 0 Å². The number of hydrogen-bond acceptors (Lipinski definition) is 6. The summed E-state index contributed by atoms with van der Waals surface area (Å²) in [4.78, 5) is 18.5. The number of anilines is 1. The maximum absolute atomic E-state index is 5.20. The monoisotopic (exact) mass is 325 g/mol. The summed E-state index contributed by atoms with van der Waals surface area (Å²) in [6.45, 7) is 4.88. The lowest BCUT2D eigenvalue weighted by Gasteiger charge is -2.35. The molecule has 0 spiro atoms. The number of aromatic nitrogens is 3. The predicted octanol–water partition coefficient (Wildman–Crippen LogP) is 2.08. The molecule has 1 aliphatic heterocycles. The topological polar surface area (TPSA) is 54.4 Å². The molecule has 2 fully saturated rings. The van der Waals surface area contributed by atoms with Crippen molar-refractivity contribution in [1.29, 1.82) is 0 Å². The average Bonchev–Trinajstić information content (AvgIpc) is 3.48. The number of ether oxygens (including phenoxy) is 1. The van der Waals surface area contributed by atoms with E-state index in [9.17, 15) is 0 Å². The second kappa shape index (κ2) is 6.73. The van der Waals surface area contributed by atoms with Gasteiger partial charge < -0.3 is 9.64 Å². The Hall–Kier alpha value is -2.21. The Morgan fingerprint density at radius 3 is 2.67 bits per heavy atom. The normalized spacial score (nSPS) is 18.6. The van der Waals surface area contributed by atoms with Gasteiger partial charge in [0.15, 0.2) is 0 Å². The van der Waals surface area contributed by atoms with Gasteiger partial charge in [0.1, 0.15) is 11.6 Å². The number of nitrogens with zero attached hydrogens (tertiary/aromatic N) is 5. The van der Waals surface area contributed by atoms with Crippen molar-refractivity contribution >= 4 is 5.82 Å². The van der Waals surface area contributed by atoms with E-state index in [0.717, 1.165) is 50.1 Å². The van der Waals surface area contributed by atoms with E-state index in [0.29, 0.717) is 11.8 Å². The largest absolute Gasteiger partial charge is 0.481 e. The minimum absolute atomic E-state index is 0.602. The maximum atomic E-state index is 5.20. The fourth-order valence-corrected chi connectivity index (χ4v) is 3.10. The highest BCUT2D eigenvalue weighted by atomic mass is 16.5. The SMILES string of the molecule is COc1cccc(CN2CCN(c3ccnc(C4CC4)n3)CC2)n1. The van der Waals surface area contributed by atoms with Gasteiger partial charge in [0.2, 0.25) is 5.88 Å². The lowest BCUT2D eigenvalue weighted by molar-refractivity contribution is 0.245. The van der Waals surface area contributed by atoms with E-state index in [1.165, 1.54) is 12.8 Å². The van der Waals surface area contributed by atoms with Gasteiger partial charge >= 0.3 is 0 Å². The number of piperazine rings is 1. The fourth-order valence-electron chi connectivity index (χ4n) is 3.10. The standard InChI is InChI=1S/C18H23N5O/c1-24-17-4-2-3-15(20-17)13-22-9-11-23(12-10-22)16-7-8-19-18(21-16)14-5-6-14/h2-4,7-8,14H,5-6,9-13H2,1H3. The second-order valence-corrected chi connectivity index (χ2v) is 6.48. The third-order valence-electron chi connectivity index (χ3n) is 4.67. The van der Waals surface area contributed by atoms with Crippen LogP contribution in [0.4, 0.5) is 5.82 Å². The van der Waals surface area contributed by atoms with E-state index in [2.05, 4.69) is 25.8 Å². The van der Waals surface area contributed by atoms with Crippen LogP contribution in [0.25, 0.3) is 0 Å². The average molecular weight is 325 g/mol. The molecule has 2 aromatic rings. The number of hydrogen-bond donors (Lipinski definition) is 0. The molecule has 0 N–H and O–H groups in total. The van der Waals surface area contributed by atoms with Gasteiger partial charge in [-0.05, 0) is 25.0 Å². The summed E-state index contributed by atoms with van der Waals surface area (Å²) < 4.78 is 5.20. The molecule has 126 valence electrons. The van der Waals surface area contributed by atoms with Crippen LogP contribution in [-0.2, 0) is 6.54 Å². The summed E-state index contributed by atoms with van der Waals surface area (Å²) in [6.07, 6.45) is 4.39. The summed E-state index contributed by atoms with van der Waals surface area (Å²) in [5.41, 5.74) is 1.06. The summed E-state index contributed by atoms with van der Waals surface area (Å²) in [6, 6.07) is 7.97. The molecule has 6 nitrogen and oxygen atoms in total. The lowest BCUT2D eigenvalue weighted by atomic mass is 10.2. The molecule has 1 saturated carbocycles. The zero-order chi connectivity index (χ0) is 16.4. The molecule has 0 aromatic carbocycles. The molecule has 0 atom stereocenters. The molecular weight excluding hydrogens is 302 g/mol. The molecule has 4 rings (SSSR count). The van der Waals surface area contributed by atoms with Crippen LogP contribution in [0.5, 0.6) is 5.88 Å². The lowest BCUT2D eigenvalue weighted by Crippen LogP contribution is -2.46. The van der Waals surface area contributed by atoms with Crippen molar-refractivity contribution in [3.8, 4) is 5.88 Å². The Morgan fingerprint density at radius 1 is 1.08 bits per heavy atom. The highest BCUT2D eigenvalue weighted by molar-refractivity contribution is 5.38. The van der Waals surface area contributed by atoms with Crippen molar-refractivity contribution in [3.05, 3.63) is 42.0 Å². The van der Waals surface area contributed by atoms with Crippen molar-refractivity contribution < 1.29 is 4.74 Å². The minimum atomic E-state index is 0.602. The van der Waals surface area contributed by atoms with Crippen molar-refractivity contribution in [1.82, 2.24) is 19.9 Å². The molecule has 2 aliphatic rings. The van der Waals surface area contributed by atoms with Crippen LogP contribution in [-0.4, -0.2) is 53.1 Å². The van der Waals surface area contributed by atoms with Crippen molar-refractivity contribution in [2.75, 3.05) is 38.2 Å². The van der Waals surface area contributed by atoms with Crippen LogP contribution in [0.15, 0.2) is 30.5 Å². The minimum Gasteiger partial charge on any atom is -0.481 e. The van der Waals surface area contributed by atoms with Gasteiger partial charge in [-0.15, -0.1) is 0 Å². The smallest absolute Gasteiger partial charge is 0.213 e. The zero-order valence-electron chi connectivity index (χ0n) is 14.1. The number of methoxy groups -OCH3 is 1. The molecule has 0 unspecified atom stereocenters. The molecule has 0 radical (unpaired) electrons. The van der Waals surface area contributed by atoms with Gasteiger partial charge in [0, 0.05) is 50.9 Å². The summed E-state index contributed by atoms with van der Waals surface area (Å²) in [7, 11) is 1.66. The van der Waals surface area contributed by atoms with Crippen LogP contribution in [0.1, 0.15) is 30.3 Å². The highest BCUT2D eigenvalue weighted by Crippen LogP contribution is 2.38. The van der Waals surface area contributed by atoms with E-state index >= 15 is 0 Å². The molecule has 0 bridgehead atoms. The number of rotatable bonds is 5. The zero-order valence-corrected chi connectivity index (χ0v) is 14.1. The molecule has 3 heterocycles. The van der Waals surface area contributed by atoms with Gasteiger partial charge in [-0.1, -0.05) is 6.07 Å². The third-order valence-corrected chi connectivity index (χ3v) is 4.67. The Labute approximate surface area is 142 Å². The van der Waals surface area contributed by atoms with Gasteiger partial charge in [-0.25, -0.2) is 15.0 Å². The number of pyridine rings is 1. The highest BCUT2D eigenvalue weighted by Gasteiger charge is 2.27. The van der Waals surface area contributed by atoms with E-state index in [4.69, 9.17) is 9.72 Å². The quantitative estimate of drug-likeness (QED) is 0.839. The van der Waals surface area contributed by atoms with Crippen LogP contribution < -0.4 is 9.64 Å². The fraction of sp³-hybridized carbons (Fsp3) is 0.500. The molecule has 6 heteroatoms. The van der Waals surface area contributed by atoms with Crippen LogP contribution in [0, 0.1) is 0 Å². The van der Waals surface area contributed by atoms with Gasteiger partial charge in [0.25, 0.3) is 0 Å². The van der Waals surface area contributed by atoms with E-state index in [-0.39, 0.29) is 0 Å². The van der Waals surface area contributed by atoms with Crippen molar-refractivity contribution in [2.45, 2.75) is 25.3 Å². The first-order chi connectivity index (χ1) is 11.8. The van der Waals surface area contributed by atoms with Crippen molar-refractivity contribution in [3.63, 3.8) is 0 Å². The first kappa shape index (κ1) is 15.3. The Bertz CT molecular complexity index is 695.